The van der Waals surface area contributed by atoms with Crippen LogP contribution in [0.1, 0.15) is 44.7 Å². The first-order chi connectivity index (χ1) is 9.12. The number of pyridine rings is 1. The van der Waals surface area contributed by atoms with E-state index in [-0.39, 0.29) is 11.9 Å². The van der Waals surface area contributed by atoms with Gasteiger partial charge in [-0.3, -0.25) is 9.78 Å². The first kappa shape index (κ1) is 14.0. The first-order valence-electron chi connectivity index (χ1n) is 7.03. The number of nitrogens with zero attached hydrogens (tertiary/aromatic N) is 2. The number of hydrogen-bond acceptors (Lipinski definition) is 3. The summed E-state index contributed by atoms with van der Waals surface area (Å²) >= 11 is 0. The molecule has 0 aromatic carbocycles. The van der Waals surface area contributed by atoms with Crippen LogP contribution in [-0.2, 0) is 4.79 Å². The van der Waals surface area contributed by atoms with Gasteiger partial charge in [0.25, 0.3) is 0 Å². The van der Waals surface area contributed by atoms with Gasteiger partial charge in [-0.2, -0.15) is 0 Å². The van der Waals surface area contributed by atoms with Gasteiger partial charge in [-0.05, 0) is 37.8 Å². The highest BCUT2D eigenvalue weighted by atomic mass is 16.2. The van der Waals surface area contributed by atoms with Gasteiger partial charge in [-0.15, -0.1) is 0 Å². The molecule has 4 nitrogen and oxygen atoms in total. The summed E-state index contributed by atoms with van der Waals surface area (Å²) in [6.45, 7) is 5.22. The number of carbonyl (C=O) groups excluding carboxylic acids is 1. The molecule has 2 rings (SSSR count). The molecule has 2 unspecified atom stereocenters. The molecule has 4 heteroatoms. The summed E-state index contributed by atoms with van der Waals surface area (Å²) in [4.78, 5) is 18.9. The molecular formula is C15H23N3O. The maximum Gasteiger partial charge on any atom is 0.230 e. The zero-order chi connectivity index (χ0) is 13.9. The van der Waals surface area contributed by atoms with Gasteiger partial charge in [-0.1, -0.05) is 13.0 Å². The minimum absolute atomic E-state index is 0.165. The molecular weight excluding hydrogens is 238 g/mol. The van der Waals surface area contributed by atoms with Crippen LogP contribution in [-0.4, -0.2) is 28.9 Å². The second-order valence-electron chi connectivity index (χ2n) is 5.56. The summed E-state index contributed by atoms with van der Waals surface area (Å²) in [5.74, 6) is 0.184. The van der Waals surface area contributed by atoms with Crippen molar-refractivity contribution in [1.82, 2.24) is 9.88 Å². The maximum atomic E-state index is 12.7. The molecule has 1 fully saturated rings. The van der Waals surface area contributed by atoms with E-state index in [4.69, 9.17) is 5.73 Å². The van der Waals surface area contributed by atoms with E-state index in [1.807, 2.05) is 31.0 Å². The second kappa shape index (κ2) is 5.70. The molecule has 1 aromatic rings. The molecule has 1 amide bonds. The number of hydrogen-bond donors (Lipinski definition) is 1. The lowest BCUT2D eigenvalue weighted by Gasteiger charge is -2.34. The lowest BCUT2D eigenvalue weighted by atomic mass is 9.85. The molecule has 0 aliphatic carbocycles. The predicted octanol–water partition coefficient (Wildman–Crippen LogP) is 2.12. The second-order valence-corrected chi connectivity index (χ2v) is 5.56. The average Bonchev–Trinajstić information content (AvgIpc) is 2.95. The number of nitrogens with two attached hydrogens (primary N) is 1. The van der Waals surface area contributed by atoms with Crippen molar-refractivity contribution in [2.75, 3.05) is 13.1 Å². The van der Waals surface area contributed by atoms with Crippen molar-refractivity contribution in [1.29, 1.82) is 0 Å². The van der Waals surface area contributed by atoms with E-state index in [1.54, 1.807) is 6.20 Å². The third kappa shape index (κ3) is 2.63. The van der Waals surface area contributed by atoms with Gasteiger partial charge in [0.1, 0.15) is 0 Å². The SMILES string of the molecule is CCC(C)(CN)C(=O)N1CCCC1c1cccnc1. The van der Waals surface area contributed by atoms with Crippen LogP contribution < -0.4 is 5.73 Å². The fourth-order valence-electron chi connectivity index (χ4n) is 2.66. The Bertz CT molecular complexity index is 428. The third-order valence-corrected chi connectivity index (χ3v) is 4.33. The molecule has 2 heterocycles. The molecule has 1 saturated heterocycles. The van der Waals surface area contributed by atoms with Crippen molar-refractivity contribution in [2.45, 2.75) is 39.2 Å². The van der Waals surface area contributed by atoms with Crippen molar-refractivity contribution < 1.29 is 4.79 Å². The van der Waals surface area contributed by atoms with E-state index in [9.17, 15) is 4.79 Å². The van der Waals surface area contributed by atoms with Gasteiger partial charge in [0.15, 0.2) is 0 Å². The molecule has 0 bridgehead atoms. The Morgan fingerprint density at radius 3 is 3.00 bits per heavy atom. The highest BCUT2D eigenvalue weighted by Crippen LogP contribution is 2.35. The summed E-state index contributed by atoms with van der Waals surface area (Å²) in [6, 6.07) is 4.14. The van der Waals surface area contributed by atoms with Gasteiger partial charge in [0.05, 0.1) is 11.5 Å². The molecule has 0 spiro atoms. The van der Waals surface area contributed by atoms with Crippen molar-refractivity contribution in [3.05, 3.63) is 30.1 Å². The number of amides is 1. The van der Waals surface area contributed by atoms with Crippen LogP contribution in [0.15, 0.2) is 24.5 Å². The first-order valence-corrected chi connectivity index (χ1v) is 7.03. The predicted molar refractivity (Wildman–Crippen MR) is 75.4 cm³/mol. The summed E-state index contributed by atoms with van der Waals surface area (Å²) in [5.41, 5.74) is 6.50. The Morgan fingerprint density at radius 2 is 2.42 bits per heavy atom. The molecule has 0 saturated carbocycles. The molecule has 1 aromatic heterocycles. The number of rotatable bonds is 4. The minimum Gasteiger partial charge on any atom is -0.335 e. The molecule has 19 heavy (non-hydrogen) atoms. The Labute approximate surface area is 115 Å². The lowest BCUT2D eigenvalue weighted by molar-refractivity contribution is -0.142. The minimum atomic E-state index is -0.440. The summed E-state index contributed by atoms with van der Waals surface area (Å²) in [6.07, 6.45) is 6.47. The van der Waals surface area contributed by atoms with Crippen LogP contribution in [0.5, 0.6) is 0 Å². The van der Waals surface area contributed by atoms with Crippen molar-refractivity contribution >= 4 is 5.91 Å². The zero-order valence-electron chi connectivity index (χ0n) is 11.8. The zero-order valence-corrected chi connectivity index (χ0v) is 11.8. The van der Waals surface area contributed by atoms with Crippen LogP contribution in [0, 0.1) is 5.41 Å². The Balaban J connectivity index is 2.22. The average molecular weight is 261 g/mol. The van der Waals surface area contributed by atoms with Crippen molar-refractivity contribution in [3.63, 3.8) is 0 Å². The number of aromatic nitrogens is 1. The highest BCUT2D eigenvalue weighted by Gasteiger charge is 2.39. The van der Waals surface area contributed by atoms with E-state index >= 15 is 0 Å². The fraction of sp³-hybridized carbons (Fsp3) is 0.600. The van der Waals surface area contributed by atoms with Gasteiger partial charge in [0, 0.05) is 25.5 Å². The van der Waals surface area contributed by atoms with E-state index < -0.39 is 5.41 Å². The van der Waals surface area contributed by atoms with E-state index in [1.165, 1.54) is 0 Å². The normalized spacial score (nSPS) is 22.3. The Morgan fingerprint density at radius 1 is 1.63 bits per heavy atom. The van der Waals surface area contributed by atoms with Crippen LogP contribution >= 0.6 is 0 Å². The van der Waals surface area contributed by atoms with Crippen LogP contribution in [0.4, 0.5) is 0 Å². The third-order valence-electron chi connectivity index (χ3n) is 4.33. The fourth-order valence-corrected chi connectivity index (χ4v) is 2.66. The standard InChI is InChI=1S/C15H23N3O/c1-3-15(2,11-16)14(19)18-9-5-7-13(18)12-6-4-8-17-10-12/h4,6,8,10,13H,3,5,7,9,11,16H2,1-2H3. The summed E-state index contributed by atoms with van der Waals surface area (Å²) < 4.78 is 0. The molecule has 0 radical (unpaired) electrons. The quantitative estimate of drug-likeness (QED) is 0.903. The molecule has 1 aliphatic heterocycles. The van der Waals surface area contributed by atoms with Gasteiger partial charge in [0.2, 0.25) is 5.91 Å². The number of carbonyl (C=O) groups is 1. The summed E-state index contributed by atoms with van der Waals surface area (Å²) in [5, 5.41) is 0. The van der Waals surface area contributed by atoms with E-state index in [0.29, 0.717) is 6.54 Å². The smallest absolute Gasteiger partial charge is 0.230 e. The maximum absolute atomic E-state index is 12.7. The molecule has 2 N–H and O–H groups in total. The largest absolute Gasteiger partial charge is 0.335 e. The van der Waals surface area contributed by atoms with Gasteiger partial charge in [-0.25, -0.2) is 0 Å². The monoisotopic (exact) mass is 261 g/mol. The van der Waals surface area contributed by atoms with Gasteiger partial charge >= 0.3 is 0 Å². The topological polar surface area (TPSA) is 59.2 Å². The Kier molecular flexibility index (Phi) is 4.20. The van der Waals surface area contributed by atoms with Crippen molar-refractivity contribution in [3.8, 4) is 0 Å². The van der Waals surface area contributed by atoms with E-state index in [0.717, 1.165) is 31.4 Å². The van der Waals surface area contributed by atoms with Crippen LogP contribution in [0.2, 0.25) is 0 Å². The highest BCUT2D eigenvalue weighted by molar-refractivity contribution is 5.83. The van der Waals surface area contributed by atoms with Gasteiger partial charge < -0.3 is 10.6 Å². The van der Waals surface area contributed by atoms with E-state index in [2.05, 4.69) is 11.1 Å². The lowest BCUT2D eigenvalue weighted by Crippen LogP contribution is -2.45. The van der Waals surface area contributed by atoms with Crippen LogP contribution in [0.25, 0.3) is 0 Å². The summed E-state index contributed by atoms with van der Waals surface area (Å²) in [7, 11) is 0. The molecule has 104 valence electrons. The van der Waals surface area contributed by atoms with Crippen LogP contribution in [0.3, 0.4) is 0 Å². The molecule has 1 aliphatic rings. The van der Waals surface area contributed by atoms with Crippen molar-refractivity contribution in [2.24, 2.45) is 11.1 Å². The number of likely N-dealkylation sites (tertiary alicyclic amines) is 1. The Hall–Kier alpha value is -1.42. The molecule has 2 atom stereocenters.